The molecule has 5 nitrogen and oxygen atoms in total. The van der Waals surface area contributed by atoms with Crippen LogP contribution in [0.4, 0.5) is 10.5 Å². The van der Waals surface area contributed by atoms with Crippen LogP contribution in [0.3, 0.4) is 0 Å². The fourth-order valence-corrected chi connectivity index (χ4v) is 4.41. The molecule has 0 spiro atoms. The first-order valence-corrected chi connectivity index (χ1v) is 9.80. The lowest BCUT2D eigenvalue weighted by Gasteiger charge is -2.29. The Hall–Kier alpha value is -2.21. The van der Waals surface area contributed by atoms with Crippen molar-refractivity contribution in [2.75, 3.05) is 26.1 Å². The Kier molecular flexibility index (Phi) is 6.04. The summed E-state index contributed by atoms with van der Waals surface area (Å²) in [5.74, 6) is 1.25. The van der Waals surface area contributed by atoms with Crippen molar-refractivity contribution in [2.45, 2.75) is 38.6 Å². The van der Waals surface area contributed by atoms with Gasteiger partial charge in [-0.25, -0.2) is 4.79 Å². The predicted octanol–water partition coefficient (Wildman–Crippen LogP) is 5.22. The third kappa shape index (κ3) is 4.12. The molecule has 0 saturated carbocycles. The first-order valence-electron chi connectivity index (χ1n) is 8.98. The Bertz CT molecular complexity index is 759. The van der Waals surface area contributed by atoms with Gasteiger partial charge in [0.25, 0.3) is 0 Å². The molecule has 1 atom stereocenters. The maximum Gasteiger partial charge on any atom is 0.322 e. The average molecular weight is 375 g/mol. The SMILES string of the molecule is COc1ccc(NC(=O)N2CCCCC[C@H]2c2ccc(C)s2)cc1OC. The van der Waals surface area contributed by atoms with Crippen LogP contribution in [0.1, 0.15) is 41.5 Å². The van der Waals surface area contributed by atoms with Crippen molar-refractivity contribution in [1.29, 1.82) is 0 Å². The summed E-state index contributed by atoms with van der Waals surface area (Å²) in [6.45, 7) is 2.89. The van der Waals surface area contributed by atoms with E-state index in [9.17, 15) is 4.79 Å². The number of hydrogen-bond donors (Lipinski definition) is 1. The summed E-state index contributed by atoms with van der Waals surface area (Å²) in [5, 5.41) is 3.03. The second kappa shape index (κ2) is 8.45. The second-order valence-corrected chi connectivity index (χ2v) is 7.83. The van der Waals surface area contributed by atoms with E-state index in [1.54, 1.807) is 37.7 Å². The van der Waals surface area contributed by atoms with Gasteiger partial charge in [0.05, 0.1) is 20.3 Å². The molecule has 140 valence electrons. The molecule has 2 amide bonds. The number of likely N-dealkylation sites (tertiary alicyclic amines) is 1. The lowest BCUT2D eigenvalue weighted by molar-refractivity contribution is 0.190. The number of methoxy groups -OCH3 is 2. The number of amides is 2. The smallest absolute Gasteiger partial charge is 0.322 e. The average Bonchev–Trinajstić information content (AvgIpc) is 2.93. The van der Waals surface area contributed by atoms with E-state index in [0.29, 0.717) is 17.2 Å². The minimum atomic E-state index is -0.0600. The van der Waals surface area contributed by atoms with Crippen LogP contribution in [0.25, 0.3) is 0 Å². The number of nitrogens with one attached hydrogen (secondary N) is 1. The van der Waals surface area contributed by atoms with Crippen molar-refractivity contribution < 1.29 is 14.3 Å². The third-order valence-electron chi connectivity index (χ3n) is 4.74. The highest BCUT2D eigenvalue weighted by atomic mass is 32.1. The number of thiophene rings is 1. The molecule has 26 heavy (non-hydrogen) atoms. The minimum absolute atomic E-state index is 0.0600. The molecule has 1 fully saturated rings. The molecule has 1 aromatic heterocycles. The van der Waals surface area contributed by atoms with E-state index in [0.717, 1.165) is 25.8 Å². The van der Waals surface area contributed by atoms with Gasteiger partial charge >= 0.3 is 6.03 Å². The fourth-order valence-electron chi connectivity index (χ4n) is 3.39. The number of carbonyl (C=O) groups excluding carboxylic acids is 1. The largest absolute Gasteiger partial charge is 0.493 e. The zero-order valence-electron chi connectivity index (χ0n) is 15.6. The first kappa shape index (κ1) is 18.6. The van der Waals surface area contributed by atoms with Crippen molar-refractivity contribution in [3.8, 4) is 11.5 Å². The molecule has 6 heteroatoms. The van der Waals surface area contributed by atoms with Crippen LogP contribution in [0.5, 0.6) is 11.5 Å². The van der Waals surface area contributed by atoms with Crippen molar-refractivity contribution in [3.63, 3.8) is 0 Å². The van der Waals surface area contributed by atoms with Crippen LogP contribution in [0, 0.1) is 6.92 Å². The molecule has 0 unspecified atom stereocenters. The Labute approximate surface area is 158 Å². The lowest BCUT2D eigenvalue weighted by atomic mass is 10.1. The van der Waals surface area contributed by atoms with Crippen molar-refractivity contribution in [2.24, 2.45) is 0 Å². The van der Waals surface area contributed by atoms with Crippen molar-refractivity contribution >= 4 is 23.1 Å². The Balaban J connectivity index is 1.79. The topological polar surface area (TPSA) is 50.8 Å². The molecule has 1 aromatic carbocycles. The third-order valence-corrected chi connectivity index (χ3v) is 5.84. The van der Waals surface area contributed by atoms with Gasteiger partial charge in [-0.2, -0.15) is 0 Å². The molecule has 1 N–H and O–H groups in total. The summed E-state index contributed by atoms with van der Waals surface area (Å²) in [7, 11) is 3.19. The zero-order valence-corrected chi connectivity index (χ0v) is 16.4. The summed E-state index contributed by atoms with van der Waals surface area (Å²) in [6.07, 6.45) is 4.38. The zero-order chi connectivity index (χ0) is 18.5. The van der Waals surface area contributed by atoms with Gasteiger partial charge in [0, 0.05) is 28.1 Å². The lowest BCUT2D eigenvalue weighted by Crippen LogP contribution is -2.37. The minimum Gasteiger partial charge on any atom is -0.493 e. The van der Waals surface area contributed by atoms with E-state index in [1.807, 2.05) is 11.0 Å². The summed E-state index contributed by atoms with van der Waals surface area (Å²) in [4.78, 5) is 17.5. The number of hydrogen-bond acceptors (Lipinski definition) is 4. The standard InChI is InChI=1S/C20H26N2O3S/c1-14-8-11-19(26-14)16-7-5-4-6-12-22(16)20(23)21-15-9-10-17(24-2)18(13-15)25-3/h8-11,13,16H,4-7,12H2,1-3H3,(H,21,23)/t16-/m0/s1. The van der Waals surface area contributed by atoms with E-state index in [1.165, 1.54) is 16.2 Å². The molecule has 1 saturated heterocycles. The van der Waals surface area contributed by atoms with Gasteiger partial charge in [0.15, 0.2) is 11.5 Å². The second-order valence-electron chi connectivity index (χ2n) is 6.51. The maximum absolute atomic E-state index is 13.0. The van der Waals surface area contributed by atoms with Crippen LogP contribution in [-0.4, -0.2) is 31.7 Å². The molecular weight excluding hydrogens is 348 g/mol. The van der Waals surface area contributed by atoms with Crippen LogP contribution in [0.15, 0.2) is 30.3 Å². The van der Waals surface area contributed by atoms with Crippen molar-refractivity contribution in [1.82, 2.24) is 4.90 Å². The highest BCUT2D eigenvalue weighted by Gasteiger charge is 2.28. The number of ether oxygens (including phenoxy) is 2. The normalized spacial score (nSPS) is 17.5. The highest BCUT2D eigenvalue weighted by Crippen LogP contribution is 2.35. The molecule has 0 radical (unpaired) electrons. The molecule has 0 bridgehead atoms. The summed E-state index contributed by atoms with van der Waals surface area (Å²) in [5.41, 5.74) is 0.706. The van der Waals surface area contributed by atoms with Gasteiger partial charge in [-0.3, -0.25) is 0 Å². The number of benzene rings is 1. The maximum atomic E-state index is 13.0. The van der Waals surface area contributed by atoms with E-state index in [2.05, 4.69) is 24.4 Å². The molecular formula is C20H26N2O3S. The highest BCUT2D eigenvalue weighted by molar-refractivity contribution is 7.12. The van der Waals surface area contributed by atoms with E-state index >= 15 is 0 Å². The molecule has 2 heterocycles. The number of carbonyl (C=O) groups is 1. The van der Waals surface area contributed by atoms with Crippen LogP contribution >= 0.6 is 11.3 Å². The Morgan fingerprint density at radius 3 is 2.62 bits per heavy atom. The fraction of sp³-hybridized carbons (Fsp3) is 0.450. The van der Waals surface area contributed by atoms with Gasteiger partial charge in [-0.1, -0.05) is 12.8 Å². The number of rotatable bonds is 4. The van der Waals surface area contributed by atoms with E-state index in [4.69, 9.17) is 9.47 Å². The molecule has 2 aromatic rings. The Morgan fingerprint density at radius 2 is 1.92 bits per heavy atom. The predicted molar refractivity (Wildman–Crippen MR) is 106 cm³/mol. The number of urea groups is 1. The van der Waals surface area contributed by atoms with E-state index < -0.39 is 0 Å². The number of aryl methyl sites for hydroxylation is 1. The first-order chi connectivity index (χ1) is 12.6. The van der Waals surface area contributed by atoms with Crippen LogP contribution in [-0.2, 0) is 0 Å². The monoisotopic (exact) mass is 374 g/mol. The number of anilines is 1. The summed E-state index contributed by atoms with van der Waals surface area (Å²) >= 11 is 1.78. The quantitative estimate of drug-likeness (QED) is 0.798. The van der Waals surface area contributed by atoms with Gasteiger partial charge in [0.2, 0.25) is 0 Å². The molecule has 3 rings (SSSR count). The van der Waals surface area contributed by atoms with E-state index in [-0.39, 0.29) is 12.1 Å². The van der Waals surface area contributed by atoms with Crippen molar-refractivity contribution in [3.05, 3.63) is 40.1 Å². The number of nitrogens with zero attached hydrogens (tertiary/aromatic N) is 1. The van der Waals surface area contributed by atoms with Crippen LogP contribution < -0.4 is 14.8 Å². The Morgan fingerprint density at radius 1 is 1.12 bits per heavy atom. The van der Waals surface area contributed by atoms with Gasteiger partial charge in [-0.05, 0) is 44.0 Å². The summed E-state index contributed by atoms with van der Waals surface area (Å²) < 4.78 is 10.6. The van der Waals surface area contributed by atoms with Crippen LogP contribution in [0.2, 0.25) is 0 Å². The molecule has 1 aliphatic rings. The van der Waals surface area contributed by atoms with Gasteiger partial charge < -0.3 is 19.7 Å². The summed E-state index contributed by atoms with van der Waals surface area (Å²) in [6, 6.07) is 9.81. The molecule has 0 aliphatic carbocycles. The van der Waals surface area contributed by atoms with Gasteiger partial charge in [0.1, 0.15) is 0 Å². The molecule has 1 aliphatic heterocycles. The van der Waals surface area contributed by atoms with Gasteiger partial charge in [-0.15, -0.1) is 11.3 Å².